The number of hydrogen-bond acceptors (Lipinski definition) is 2. The Labute approximate surface area is 138 Å². The smallest absolute Gasteiger partial charge is 0.238 e. The van der Waals surface area contributed by atoms with Crippen LogP contribution in [0.15, 0.2) is 54.6 Å². The van der Waals surface area contributed by atoms with Crippen molar-refractivity contribution in [3.05, 3.63) is 71.5 Å². The Morgan fingerprint density at radius 2 is 1.74 bits per heavy atom. The van der Waals surface area contributed by atoms with Crippen LogP contribution in [-0.4, -0.2) is 27.3 Å². The summed E-state index contributed by atoms with van der Waals surface area (Å²) in [5, 5.41) is -0.677. The monoisotopic (exact) mass is 333 g/mol. The molecule has 2 aromatic rings. The molecule has 3 nitrogen and oxygen atoms in total. The first-order valence-electron chi connectivity index (χ1n) is 7.38. The van der Waals surface area contributed by atoms with Crippen LogP contribution < -0.4 is 0 Å². The van der Waals surface area contributed by atoms with Crippen LogP contribution in [0.2, 0.25) is 0 Å². The Kier molecular flexibility index (Phi) is 6.04. The van der Waals surface area contributed by atoms with Crippen LogP contribution in [0.25, 0.3) is 0 Å². The molecule has 23 heavy (non-hydrogen) atoms. The normalized spacial score (nSPS) is 13.3. The van der Waals surface area contributed by atoms with E-state index < -0.39 is 21.9 Å². The lowest BCUT2D eigenvalue weighted by Crippen LogP contribution is -2.37. The molecule has 2 aromatic carbocycles. The molecule has 0 N–H and O–H groups in total. The number of halogens is 1. The van der Waals surface area contributed by atoms with Gasteiger partial charge in [-0.05, 0) is 18.6 Å². The van der Waals surface area contributed by atoms with Crippen molar-refractivity contribution in [2.75, 3.05) is 7.05 Å². The second kappa shape index (κ2) is 8.02. The minimum atomic E-state index is -1.47. The molecule has 2 rings (SSSR count). The van der Waals surface area contributed by atoms with Crippen molar-refractivity contribution in [2.45, 2.75) is 24.5 Å². The zero-order valence-electron chi connectivity index (χ0n) is 13.2. The van der Waals surface area contributed by atoms with E-state index in [0.29, 0.717) is 12.1 Å². The molecule has 122 valence electrons. The van der Waals surface area contributed by atoms with E-state index in [4.69, 9.17) is 0 Å². The van der Waals surface area contributed by atoms with Crippen LogP contribution in [0.1, 0.15) is 18.1 Å². The Morgan fingerprint density at radius 1 is 1.13 bits per heavy atom. The fourth-order valence-corrected chi connectivity index (χ4v) is 3.45. The summed E-state index contributed by atoms with van der Waals surface area (Å²) in [6.07, 6.45) is 0. The largest absolute Gasteiger partial charge is 0.340 e. The van der Waals surface area contributed by atoms with Gasteiger partial charge in [0.15, 0.2) is 0 Å². The quantitative estimate of drug-likeness (QED) is 0.814. The molecule has 0 spiro atoms. The molecule has 2 atom stereocenters. The van der Waals surface area contributed by atoms with E-state index in [1.807, 2.05) is 30.3 Å². The highest BCUT2D eigenvalue weighted by Gasteiger charge is 2.24. The number of carbonyl (C=O) groups is 1. The van der Waals surface area contributed by atoms with Crippen LogP contribution in [0.3, 0.4) is 0 Å². The van der Waals surface area contributed by atoms with Gasteiger partial charge >= 0.3 is 0 Å². The van der Waals surface area contributed by atoms with E-state index in [-0.39, 0.29) is 11.7 Å². The van der Waals surface area contributed by atoms with Crippen molar-refractivity contribution >= 4 is 16.7 Å². The van der Waals surface area contributed by atoms with Crippen molar-refractivity contribution < 1.29 is 13.4 Å². The summed E-state index contributed by atoms with van der Waals surface area (Å²) < 4.78 is 26.0. The number of benzene rings is 2. The lowest BCUT2D eigenvalue weighted by molar-refractivity contribution is -0.129. The first-order chi connectivity index (χ1) is 11.0. The third kappa shape index (κ3) is 4.73. The maximum absolute atomic E-state index is 13.6. The molecule has 0 aliphatic carbocycles. The predicted octanol–water partition coefficient (Wildman–Crippen LogP) is 3.12. The molecule has 0 radical (unpaired) electrons. The molecule has 0 bridgehead atoms. The summed E-state index contributed by atoms with van der Waals surface area (Å²) in [6.45, 7) is 2.09. The van der Waals surface area contributed by atoms with Gasteiger partial charge in [0, 0.05) is 30.0 Å². The SMILES string of the molecule is C[C@@H](C(=O)N(C)Cc1ccccc1)[S@](=O)Cc1ccccc1F. The maximum atomic E-state index is 13.6. The first kappa shape index (κ1) is 17.3. The third-order valence-corrected chi connectivity index (χ3v) is 5.22. The highest BCUT2D eigenvalue weighted by atomic mass is 32.2. The molecule has 5 heteroatoms. The highest BCUT2D eigenvalue weighted by Crippen LogP contribution is 2.13. The number of amides is 1. The van der Waals surface area contributed by atoms with Crippen LogP contribution in [0.4, 0.5) is 4.39 Å². The van der Waals surface area contributed by atoms with Crippen molar-refractivity contribution in [3.63, 3.8) is 0 Å². The average Bonchev–Trinajstić information content (AvgIpc) is 2.56. The molecular weight excluding hydrogens is 313 g/mol. The van der Waals surface area contributed by atoms with Gasteiger partial charge in [0.1, 0.15) is 11.1 Å². The van der Waals surface area contributed by atoms with Crippen LogP contribution in [0.5, 0.6) is 0 Å². The van der Waals surface area contributed by atoms with E-state index in [9.17, 15) is 13.4 Å². The zero-order valence-corrected chi connectivity index (χ0v) is 14.1. The van der Waals surface area contributed by atoms with Gasteiger partial charge in [-0.15, -0.1) is 0 Å². The van der Waals surface area contributed by atoms with Gasteiger partial charge in [-0.25, -0.2) is 4.39 Å². The molecule has 0 aliphatic rings. The van der Waals surface area contributed by atoms with Gasteiger partial charge in [0.2, 0.25) is 5.91 Å². The van der Waals surface area contributed by atoms with Crippen molar-refractivity contribution in [1.82, 2.24) is 4.90 Å². The van der Waals surface area contributed by atoms with E-state index in [0.717, 1.165) is 5.56 Å². The van der Waals surface area contributed by atoms with E-state index in [2.05, 4.69) is 0 Å². The lowest BCUT2D eigenvalue weighted by Gasteiger charge is -2.21. The zero-order chi connectivity index (χ0) is 16.8. The second-order valence-corrected chi connectivity index (χ2v) is 7.20. The Bertz CT molecular complexity index is 690. The summed E-state index contributed by atoms with van der Waals surface area (Å²) in [5.74, 6) is -0.555. The summed E-state index contributed by atoms with van der Waals surface area (Å²) >= 11 is 0. The molecule has 0 aromatic heterocycles. The Hall–Kier alpha value is -2.01. The summed E-state index contributed by atoms with van der Waals surface area (Å²) in [7, 11) is 0.221. The van der Waals surface area contributed by atoms with Gasteiger partial charge < -0.3 is 4.90 Å². The van der Waals surface area contributed by atoms with Crippen LogP contribution in [-0.2, 0) is 27.9 Å². The molecule has 0 heterocycles. The third-order valence-electron chi connectivity index (χ3n) is 3.64. The maximum Gasteiger partial charge on any atom is 0.238 e. The average molecular weight is 333 g/mol. The minimum absolute atomic E-state index is 0.0404. The van der Waals surface area contributed by atoms with E-state index in [1.54, 1.807) is 37.1 Å². The molecular formula is C18H20FNO2S. The number of rotatable bonds is 6. The minimum Gasteiger partial charge on any atom is -0.340 e. The first-order valence-corrected chi connectivity index (χ1v) is 8.76. The van der Waals surface area contributed by atoms with Gasteiger partial charge in [0.05, 0.1) is 5.75 Å². The van der Waals surface area contributed by atoms with Gasteiger partial charge in [-0.3, -0.25) is 9.00 Å². The summed E-state index contributed by atoms with van der Waals surface area (Å²) in [5.41, 5.74) is 1.38. The second-order valence-electron chi connectivity index (χ2n) is 5.44. The van der Waals surface area contributed by atoms with E-state index in [1.165, 1.54) is 6.07 Å². The Balaban J connectivity index is 1.98. The Morgan fingerprint density at radius 3 is 2.39 bits per heavy atom. The molecule has 0 saturated carbocycles. The topological polar surface area (TPSA) is 37.4 Å². The fraction of sp³-hybridized carbons (Fsp3) is 0.278. The van der Waals surface area contributed by atoms with Crippen molar-refractivity contribution in [3.8, 4) is 0 Å². The standard InChI is InChI=1S/C18H20FNO2S/c1-14(23(22)13-16-10-6-7-11-17(16)19)18(21)20(2)12-15-8-4-3-5-9-15/h3-11,14H,12-13H2,1-2H3/t14-,23+/m0/s1. The molecule has 0 fully saturated rings. The molecule has 0 unspecified atom stereocenters. The fourth-order valence-electron chi connectivity index (χ4n) is 2.25. The number of carbonyl (C=O) groups excluding carboxylic acids is 1. The highest BCUT2D eigenvalue weighted by molar-refractivity contribution is 7.85. The number of nitrogens with zero attached hydrogens (tertiary/aromatic N) is 1. The van der Waals surface area contributed by atoms with Gasteiger partial charge in [-0.2, -0.15) is 0 Å². The molecule has 1 amide bonds. The number of hydrogen-bond donors (Lipinski definition) is 0. The summed E-state index contributed by atoms with van der Waals surface area (Å²) in [4.78, 5) is 14.0. The molecule has 0 saturated heterocycles. The van der Waals surface area contributed by atoms with Gasteiger partial charge in [0.25, 0.3) is 0 Å². The van der Waals surface area contributed by atoms with Crippen molar-refractivity contribution in [1.29, 1.82) is 0 Å². The van der Waals surface area contributed by atoms with Gasteiger partial charge in [-0.1, -0.05) is 48.5 Å². The lowest BCUT2D eigenvalue weighted by atomic mass is 10.2. The summed E-state index contributed by atoms with van der Waals surface area (Å²) in [6, 6.07) is 15.8. The van der Waals surface area contributed by atoms with Crippen molar-refractivity contribution in [2.24, 2.45) is 0 Å². The van der Waals surface area contributed by atoms with E-state index >= 15 is 0 Å². The predicted molar refractivity (Wildman–Crippen MR) is 90.6 cm³/mol. The molecule has 0 aliphatic heterocycles. The van der Waals surface area contributed by atoms with Crippen LogP contribution in [0, 0.1) is 5.82 Å². The van der Waals surface area contributed by atoms with Crippen LogP contribution >= 0.6 is 0 Å².